The van der Waals surface area contributed by atoms with Gasteiger partial charge in [0.15, 0.2) is 0 Å². The topological polar surface area (TPSA) is 61.9 Å². The summed E-state index contributed by atoms with van der Waals surface area (Å²) in [4.78, 5) is 30.3. The second kappa shape index (κ2) is 11.7. The molecule has 0 bridgehead atoms. The van der Waals surface area contributed by atoms with Crippen molar-refractivity contribution < 1.29 is 14.3 Å². The largest absolute Gasteiger partial charge is 0.379 e. The first kappa shape index (κ1) is 23.0. The molecule has 1 aliphatic carbocycles. The van der Waals surface area contributed by atoms with Gasteiger partial charge in [0.25, 0.3) is 0 Å². The normalized spacial score (nSPS) is 19.3. The summed E-state index contributed by atoms with van der Waals surface area (Å²) in [6.07, 6.45) is 5.51. The van der Waals surface area contributed by atoms with Gasteiger partial charge in [-0.3, -0.25) is 14.5 Å². The summed E-state index contributed by atoms with van der Waals surface area (Å²) in [6, 6.07) is 7.33. The van der Waals surface area contributed by atoms with Crippen molar-refractivity contribution in [3.05, 3.63) is 35.4 Å². The van der Waals surface area contributed by atoms with Crippen LogP contribution in [0.1, 0.15) is 49.3 Å². The van der Waals surface area contributed by atoms with Crippen LogP contribution in [0.3, 0.4) is 0 Å². The minimum Gasteiger partial charge on any atom is -0.379 e. The predicted molar refractivity (Wildman–Crippen MR) is 119 cm³/mol. The lowest BCUT2D eigenvalue weighted by molar-refractivity contribution is -0.140. The number of amides is 2. The van der Waals surface area contributed by atoms with E-state index < -0.39 is 6.04 Å². The third kappa shape index (κ3) is 6.19. The quantitative estimate of drug-likeness (QED) is 0.638. The van der Waals surface area contributed by atoms with E-state index in [0.717, 1.165) is 49.9 Å². The highest BCUT2D eigenvalue weighted by molar-refractivity contribution is 6.27. The fourth-order valence-electron chi connectivity index (χ4n) is 4.42. The molecule has 2 aliphatic rings. The summed E-state index contributed by atoms with van der Waals surface area (Å²) < 4.78 is 5.42. The van der Waals surface area contributed by atoms with E-state index in [-0.39, 0.29) is 23.7 Å². The molecule has 1 aromatic carbocycles. The van der Waals surface area contributed by atoms with Crippen LogP contribution in [-0.4, -0.2) is 72.9 Å². The van der Waals surface area contributed by atoms with E-state index in [9.17, 15) is 9.59 Å². The van der Waals surface area contributed by atoms with Crippen LogP contribution < -0.4 is 5.32 Å². The molecule has 2 fully saturated rings. The second-order valence-corrected chi connectivity index (χ2v) is 8.54. The number of alkyl halides is 1. The molecule has 7 heteroatoms. The van der Waals surface area contributed by atoms with Crippen LogP contribution in [0.2, 0.25) is 0 Å². The molecule has 1 N–H and O–H groups in total. The molecule has 3 rings (SSSR count). The monoisotopic (exact) mass is 435 g/mol. The molecule has 0 radical (unpaired) electrons. The number of hydrogen-bond acceptors (Lipinski definition) is 4. The van der Waals surface area contributed by atoms with Crippen molar-refractivity contribution >= 4 is 23.4 Å². The second-order valence-electron chi connectivity index (χ2n) is 8.28. The summed E-state index contributed by atoms with van der Waals surface area (Å²) >= 11 is 5.98. The van der Waals surface area contributed by atoms with Crippen molar-refractivity contribution in [2.45, 2.75) is 51.1 Å². The molecule has 0 aromatic heterocycles. The number of morpholine rings is 1. The molecule has 1 aromatic rings. The Hall–Kier alpha value is -1.63. The van der Waals surface area contributed by atoms with Crippen molar-refractivity contribution in [2.75, 3.05) is 45.3 Å². The van der Waals surface area contributed by atoms with Crippen molar-refractivity contribution in [1.82, 2.24) is 15.1 Å². The van der Waals surface area contributed by atoms with Gasteiger partial charge in [0, 0.05) is 32.2 Å². The molecule has 1 aliphatic heterocycles. The number of hydrogen-bond donors (Lipinski definition) is 1. The Bertz CT molecular complexity index is 703. The maximum absolute atomic E-state index is 13.5. The van der Waals surface area contributed by atoms with E-state index in [0.29, 0.717) is 26.3 Å². The lowest BCUT2D eigenvalue weighted by Gasteiger charge is -2.35. The lowest BCUT2D eigenvalue weighted by Crippen LogP contribution is -2.50. The first-order chi connectivity index (χ1) is 14.6. The predicted octanol–water partition coefficient (Wildman–Crippen LogP) is 2.88. The van der Waals surface area contributed by atoms with E-state index >= 15 is 0 Å². The smallest absolute Gasteiger partial charge is 0.247 e. The maximum Gasteiger partial charge on any atom is 0.247 e. The Morgan fingerprint density at radius 1 is 1.20 bits per heavy atom. The summed E-state index contributed by atoms with van der Waals surface area (Å²) in [5.41, 5.74) is 1.87. The molecule has 1 saturated heterocycles. The van der Waals surface area contributed by atoms with Gasteiger partial charge in [0.2, 0.25) is 11.8 Å². The SMILES string of the molecule is Cc1ccccc1C(C(=O)NC1CCCCC1)N(CCN1CCOCC1)C(=O)CCl. The van der Waals surface area contributed by atoms with Crippen LogP contribution in [0.5, 0.6) is 0 Å². The molecule has 1 atom stereocenters. The van der Waals surface area contributed by atoms with Gasteiger partial charge in [-0.25, -0.2) is 0 Å². The molecule has 0 spiro atoms. The Morgan fingerprint density at radius 2 is 1.90 bits per heavy atom. The van der Waals surface area contributed by atoms with Crippen LogP contribution in [0.4, 0.5) is 0 Å². The van der Waals surface area contributed by atoms with E-state index in [4.69, 9.17) is 16.3 Å². The van der Waals surface area contributed by atoms with Crippen LogP contribution >= 0.6 is 11.6 Å². The summed E-state index contributed by atoms with van der Waals surface area (Å²) in [6.45, 7) is 6.23. The lowest BCUT2D eigenvalue weighted by atomic mass is 9.94. The standard InChI is InChI=1S/C23H34ClN3O3/c1-18-7-5-6-10-20(18)22(23(29)25-19-8-3-2-4-9-19)27(21(28)17-24)12-11-26-13-15-30-16-14-26/h5-7,10,19,22H,2-4,8-9,11-17H2,1H3,(H,25,29). The van der Waals surface area contributed by atoms with Gasteiger partial charge in [-0.2, -0.15) is 0 Å². The zero-order valence-electron chi connectivity index (χ0n) is 17.9. The number of aryl methyl sites for hydroxylation is 1. The first-order valence-corrected chi connectivity index (χ1v) is 11.6. The van der Waals surface area contributed by atoms with Gasteiger partial charge in [0.05, 0.1) is 13.2 Å². The summed E-state index contributed by atoms with van der Waals surface area (Å²) in [5.74, 6) is -0.448. The minimum atomic E-state index is -0.666. The van der Waals surface area contributed by atoms with Crippen molar-refractivity contribution in [3.8, 4) is 0 Å². The van der Waals surface area contributed by atoms with E-state index in [1.54, 1.807) is 4.90 Å². The van der Waals surface area contributed by atoms with Gasteiger partial charge >= 0.3 is 0 Å². The molecule has 2 amide bonds. The third-order valence-electron chi connectivity index (χ3n) is 6.19. The summed E-state index contributed by atoms with van der Waals surface area (Å²) in [7, 11) is 0. The van der Waals surface area contributed by atoms with Crippen LogP contribution in [-0.2, 0) is 14.3 Å². The maximum atomic E-state index is 13.5. The van der Waals surface area contributed by atoms with Gasteiger partial charge in [0.1, 0.15) is 11.9 Å². The Labute approximate surface area is 184 Å². The van der Waals surface area contributed by atoms with Crippen LogP contribution in [0.15, 0.2) is 24.3 Å². The molecule has 6 nitrogen and oxygen atoms in total. The Morgan fingerprint density at radius 3 is 2.57 bits per heavy atom. The Kier molecular flexibility index (Phi) is 8.97. The van der Waals surface area contributed by atoms with Gasteiger partial charge in [-0.1, -0.05) is 43.5 Å². The third-order valence-corrected chi connectivity index (χ3v) is 6.42. The number of halogens is 1. The molecule has 1 saturated carbocycles. The average molecular weight is 436 g/mol. The van der Waals surface area contributed by atoms with Gasteiger partial charge in [-0.05, 0) is 30.9 Å². The zero-order valence-corrected chi connectivity index (χ0v) is 18.7. The number of nitrogens with zero attached hydrogens (tertiary/aromatic N) is 2. The number of ether oxygens (including phenoxy) is 1. The molecular formula is C23H34ClN3O3. The number of rotatable bonds is 8. The highest BCUT2D eigenvalue weighted by Gasteiger charge is 2.33. The molecular weight excluding hydrogens is 402 g/mol. The zero-order chi connectivity index (χ0) is 21.3. The molecule has 30 heavy (non-hydrogen) atoms. The first-order valence-electron chi connectivity index (χ1n) is 11.1. The molecule has 1 unspecified atom stereocenters. The van der Waals surface area contributed by atoms with Crippen LogP contribution in [0.25, 0.3) is 0 Å². The van der Waals surface area contributed by atoms with Gasteiger partial charge < -0.3 is 15.0 Å². The van der Waals surface area contributed by atoms with Crippen molar-refractivity contribution in [2.24, 2.45) is 0 Å². The highest BCUT2D eigenvalue weighted by atomic mass is 35.5. The molecule has 1 heterocycles. The average Bonchev–Trinajstić information content (AvgIpc) is 2.78. The highest BCUT2D eigenvalue weighted by Crippen LogP contribution is 2.26. The van der Waals surface area contributed by atoms with Crippen molar-refractivity contribution in [3.63, 3.8) is 0 Å². The fourth-order valence-corrected chi connectivity index (χ4v) is 4.57. The summed E-state index contributed by atoms with van der Waals surface area (Å²) in [5, 5.41) is 3.23. The number of carbonyl (C=O) groups excluding carboxylic acids is 2. The minimum absolute atomic E-state index is 0.100. The van der Waals surface area contributed by atoms with E-state index in [1.165, 1.54) is 6.42 Å². The molecule has 166 valence electrons. The van der Waals surface area contributed by atoms with Crippen LogP contribution in [0, 0.1) is 6.92 Å². The number of carbonyl (C=O) groups is 2. The number of benzene rings is 1. The fraction of sp³-hybridized carbons (Fsp3) is 0.652. The Balaban J connectivity index is 1.82. The van der Waals surface area contributed by atoms with E-state index in [2.05, 4.69) is 10.2 Å². The van der Waals surface area contributed by atoms with Gasteiger partial charge in [-0.15, -0.1) is 11.6 Å². The van der Waals surface area contributed by atoms with E-state index in [1.807, 2.05) is 31.2 Å². The number of nitrogens with one attached hydrogen (secondary N) is 1. The van der Waals surface area contributed by atoms with Crippen molar-refractivity contribution in [1.29, 1.82) is 0 Å².